The Hall–Kier alpha value is -1.92. The van der Waals surface area contributed by atoms with E-state index in [9.17, 15) is 9.90 Å². The van der Waals surface area contributed by atoms with Gasteiger partial charge in [0.05, 0.1) is 16.6 Å². The number of aliphatic hydroxyl groups is 1. The number of imidazole rings is 1. The number of carbonyl (C=O) groups excluding carboxylic acids is 1. The molecule has 0 aliphatic carbocycles. The third-order valence-corrected chi connectivity index (χ3v) is 4.47. The number of rotatable bonds is 4. The van der Waals surface area contributed by atoms with Crippen LogP contribution < -0.4 is 0 Å². The van der Waals surface area contributed by atoms with Crippen LogP contribution in [0.25, 0.3) is 11.0 Å². The molecule has 0 spiro atoms. The number of para-hydroxylation sites is 2. The number of piperazine rings is 1. The van der Waals surface area contributed by atoms with Crippen LogP contribution in [0, 0.1) is 6.92 Å². The summed E-state index contributed by atoms with van der Waals surface area (Å²) in [6, 6.07) is 7.91. The van der Waals surface area contributed by atoms with Gasteiger partial charge in [0.25, 0.3) is 0 Å². The van der Waals surface area contributed by atoms with Gasteiger partial charge in [-0.1, -0.05) is 12.1 Å². The van der Waals surface area contributed by atoms with Gasteiger partial charge in [0.2, 0.25) is 5.91 Å². The van der Waals surface area contributed by atoms with Crippen LogP contribution in [0.2, 0.25) is 0 Å². The average molecular weight is 330 g/mol. The van der Waals surface area contributed by atoms with Crippen molar-refractivity contribution in [1.29, 1.82) is 0 Å². The number of benzene rings is 1. The van der Waals surface area contributed by atoms with E-state index in [2.05, 4.69) is 9.88 Å². The summed E-state index contributed by atoms with van der Waals surface area (Å²) in [4.78, 5) is 21.3. The van der Waals surface area contributed by atoms with Crippen LogP contribution in [-0.2, 0) is 11.3 Å². The van der Waals surface area contributed by atoms with Crippen molar-refractivity contribution in [2.75, 3.05) is 32.7 Å². The fourth-order valence-corrected chi connectivity index (χ4v) is 3.33. The summed E-state index contributed by atoms with van der Waals surface area (Å²) in [6.07, 6.45) is 0. The number of carbonyl (C=O) groups is 1. The van der Waals surface area contributed by atoms with Crippen molar-refractivity contribution in [3.8, 4) is 0 Å². The number of amides is 1. The third-order valence-electron chi connectivity index (χ3n) is 4.47. The van der Waals surface area contributed by atoms with Crippen LogP contribution >= 0.6 is 0 Å². The molecule has 1 aliphatic rings. The number of hydrogen-bond acceptors (Lipinski definition) is 4. The summed E-state index contributed by atoms with van der Waals surface area (Å²) < 4.78 is 1.99. The zero-order chi connectivity index (χ0) is 17.3. The van der Waals surface area contributed by atoms with Crippen LogP contribution in [0.4, 0.5) is 0 Å². The maximum absolute atomic E-state index is 12.7. The summed E-state index contributed by atoms with van der Waals surface area (Å²) >= 11 is 0. The highest BCUT2D eigenvalue weighted by atomic mass is 16.3. The zero-order valence-electron chi connectivity index (χ0n) is 14.7. The first-order valence-electron chi connectivity index (χ1n) is 8.48. The van der Waals surface area contributed by atoms with Crippen LogP contribution in [0.3, 0.4) is 0 Å². The number of aromatic nitrogens is 2. The molecule has 1 N–H and O–H groups in total. The Kier molecular flexibility index (Phi) is 4.60. The van der Waals surface area contributed by atoms with Crippen molar-refractivity contribution >= 4 is 16.9 Å². The predicted octanol–water partition coefficient (Wildman–Crippen LogP) is 1.26. The molecule has 0 saturated carbocycles. The van der Waals surface area contributed by atoms with E-state index in [0.29, 0.717) is 26.2 Å². The van der Waals surface area contributed by atoms with Crippen LogP contribution in [-0.4, -0.2) is 68.7 Å². The molecule has 130 valence electrons. The lowest BCUT2D eigenvalue weighted by atomic mass is 10.1. The number of fused-ring (bicyclic) bond motifs is 1. The fourth-order valence-electron chi connectivity index (χ4n) is 3.33. The molecule has 0 bridgehead atoms. The molecule has 6 heteroatoms. The lowest BCUT2D eigenvalue weighted by molar-refractivity contribution is -0.133. The van der Waals surface area contributed by atoms with Gasteiger partial charge in [-0.2, -0.15) is 0 Å². The Labute approximate surface area is 142 Å². The monoisotopic (exact) mass is 330 g/mol. The molecular weight excluding hydrogens is 304 g/mol. The van der Waals surface area contributed by atoms with Gasteiger partial charge < -0.3 is 14.6 Å². The van der Waals surface area contributed by atoms with Crippen LogP contribution in [0.15, 0.2) is 24.3 Å². The molecule has 1 fully saturated rings. The molecule has 3 rings (SSSR count). The Morgan fingerprint density at radius 1 is 1.21 bits per heavy atom. The van der Waals surface area contributed by atoms with E-state index in [1.54, 1.807) is 0 Å². The summed E-state index contributed by atoms with van der Waals surface area (Å²) in [7, 11) is 0. The summed E-state index contributed by atoms with van der Waals surface area (Å²) in [5.41, 5.74) is 1.24. The van der Waals surface area contributed by atoms with Gasteiger partial charge in [0.1, 0.15) is 12.4 Å². The van der Waals surface area contributed by atoms with Gasteiger partial charge >= 0.3 is 0 Å². The first-order valence-corrected chi connectivity index (χ1v) is 8.48. The second-order valence-corrected chi connectivity index (χ2v) is 7.20. The minimum absolute atomic E-state index is 0.129. The average Bonchev–Trinajstić information content (AvgIpc) is 2.82. The van der Waals surface area contributed by atoms with Crippen molar-refractivity contribution in [1.82, 2.24) is 19.4 Å². The molecule has 24 heavy (non-hydrogen) atoms. The molecule has 0 atom stereocenters. The number of aryl methyl sites for hydroxylation is 1. The van der Waals surface area contributed by atoms with Gasteiger partial charge in [0.15, 0.2) is 0 Å². The second kappa shape index (κ2) is 6.53. The minimum atomic E-state index is -0.695. The molecule has 1 saturated heterocycles. The Morgan fingerprint density at radius 3 is 2.54 bits per heavy atom. The maximum Gasteiger partial charge on any atom is 0.242 e. The highest BCUT2D eigenvalue weighted by molar-refractivity contribution is 5.81. The van der Waals surface area contributed by atoms with Crippen molar-refractivity contribution in [3.05, 3.63) is 30.1 Å². The largest absolute Gasteiger partial charge is 0.389 e. The number of nitrogens with zero attached hydrogens (tertiary/aromatic N) is 4. The molecule has 2 heterocycles. The molecule has 1 aromatic heterocycles. The van der Waals surface area contributed by atoms with E-state index >= 15 is 0 Å². The Morgan fingerprint density at radius 2 is 1.88 bits per heavy atom. The number of hydrogen-bond donors (Lipinski definition) is 1. The third kappa shape index (κ3) is 3.76. The smallest absolute Gasteiger partial charge is 0.242 e. The van der Waals surface area contributed by atoms with Crippen molar-refractivity contribution in [3.63, 3.8) is 0 Å². The van der Waals surface area contributed by atoms with Crippen molar-refractivity contribution in [2.24, 2.45) is 0 Å². The molecule has 0 unspecified atom stereocenters. The molecule has 1 aliphatic heterocycles. The van der Waals surface area contributed by atoms with Gasteiger partial charge in [-0.25, -0.2) is 4.98 Å². The minimum Gasteiger partial charge on any atom is -0.389 e. The maximum atomic E-state index is 12.7. The Balaban J connectivity index is 1.63. The molecule has 0 radical (unpaired) electrons. The lowest BCUT2D eigenvalue weighted by Crippen LogP contribution is -2.52. The molecular formula is C18H26N4O2. The molecule has 1 aromatic carbocycles. The van der Waals surface area contributed by atoms with E-state index in [-0.39, 0.29) is 5.91 Å². The fraction of sp³-hybridized carbons (Fsp3) is 0.556. The van der Waals surface area contributed by atoms with Gasteiger partial charge in [0, 0.05) is 32.7 Å². The SMILES string of the molecule is Cc1nc2ccccc2n1CC(=O)N1CCN(CC(C)(C)O)CC1. The molecule has 1 amide bonds. The van der Waals surface area contributed by atoms with Gasteiger partial charge in [-0.15, -0.1) is 0 Å². The summed E-state index contributed by atoms with van der Waals surface area (Å²) in [5.74, 6) is 0.995. The van der Waals surface area contributed by atoms with Crippen LogP contribution in [0.5, 0.6) is 0 Å². The molecule has 6 nitrogen and oxygen atoms in total. The quantitative estimate of drug-likeness (QED) is 0.917. The van der Waals surface area contributed by atoms with E-state index in [1.807, 2.05) is 54.5 Å². The summed E-state index contributed by atoms with van der Waals surface area (Å²) in [6.45, 7) is 9.57. The highest BCUT2D eigenvalue weighted by Gasteiger charge is 2.25. The van der Waals surface area contributed by atoms with E-state index in [0.717, 1.165) is 29.9 Å². The Bertz CT molecular complexity index is 724. The van der Waals surface area contributed by atoms with Crippen LogP contribution in [0.1, 0.15) is 19.7 Å². The number of β-amino-alcohol motifs (C(OH)–C–C–N with tert-alkyl or cyclic N) is 1. The first kappa shape index (κ1) is 16.9. The second-order valence-electron chi connectivity index (χ2n) is 7.20. The zero-order valence-corrected chi connectivity index (χ0v) is 14.7. The molecule has 2 aromatic rings. The van der Waals surface area contributed by atoms with Crippen molar-refractivity contribution < 1.29 is 9.90 Å². The van der Waals surface area contributed by atoms with E-state index in [4.69, 9.17) is 0 Å². The van der Waals surface area contributed by atoms with Gasteiger partial charge in [-0.3, -0.25) is 9.69 Å². The standard InChI is InChI=1S/C18H26N4O2/c1-14-19-15-6-4-5-7-16(15)22(14)12-17(23)21-10-8-20(9-11-21)13-18(2,3)24/h4-7,24H,8-13H2,1-3H3. The lowest BCUT2D eigenvalue weighted by Gasteiger charge is -2.37. The topological polar surface area (TPSA) is 61.6 Å². The first-order chi connectivity index (χ1) is 11.3. The van der Waals surface area contributed by atoms with Gasteiger partial charge in [-0.05, 0) is 32.9 Å². The summed E-state index contributed by atoms with van der Waals surface area (Å²) in [5, 5.41) is 9.91. The van der Waals surface area contributed by atoms with Crippen molar-refractivity contribution in [2.45, 2.75) is 32.9 Å². The van der Waals surface area contributed by atoms with E-state index in [1.165, 1.54) is 0 Å². The predicted molar refractivity (Wildman–Crippen MR) is 93.8 cm³/mol. The highest BCUT2D eigenvalue weighted by Crippen LogP contribution is 2.16. The normalized spacial score (nSPS) is 16.8. The van der Waals surface area contributed by atoms with E-state index < -0.39 is 5.60 Å².